The van der Waals surface area contributed by atoms with Crippen LogP contribution in [-0.2, 0) is 4.79 Å². The molecule has 1 aliphatic rings. The molecule has 31 heavy (non-hydrogen) atoms. The number of imidazole rings is 1. The molecule has 5 rings (SSSR count). The zero-order chi connectivity index (χ0) is 21.9. The number of hydrogen-bond donors (Lipinski definition) is 3. The largest absolute Gasteiger partial charge is 0.355 e. The number of anilines is 1. The maximum atomic E-state index is 15.0. The molecule has 2 atom stereocenters. The molecule has 2 amide bonds. The van der Waals surface area contributed by atoms with E-state index in [-0.39, 0.29) is 28.3 Å². The van der Waals surface area contributed by atoms with Gasteiger partial charge in [-0.15, -0.1) is 0 Å². The summed E-state index contributed by atoms with van der Waals surface area (Å²) in [6, 6.07) is 3.37. The Balaban J connectivity index is 1.59. The summed E-state index contributed by atoms with van der Waals surface area (Å²) in [6.45, 7) is 0. The number of pyridine rings is 1. The van der Waals surface area contributed by atoms with Gasteiger partial charge in [-0.1, -0.05) is 11.6 Å². The van der Waals surface area contributed by atoms with Crippen LogP contribution in [0.3, 0.4) is 0 Å². The molecule has 158 valence electrons. The van der Waals surface area contributed by atoms with Crippen LogP contribution >= 0.6 is 11.6 Å². The van der Waals surface area contributed by atoms with E-state index in [0.29, 0.717) is 22.2 Å². The van der Waals surface area contributed by atoms with Gasteiger partial charge in [-0.3, -0.25) is 14.7 Å². The number of aromatic amines is 1. The number of fused-ring (bicyclic) bond motifs is 2. The second kappa shape index (κ2) is 7.02. The summed E-state index contributed by atoms with van der Waals surface area (Å²) in [7, 11) is 1.39. The van der Waals surface area contributed by atoms with Gasteiger partial charge in [-0.2, -0.15) is 5.10 Å². The van der Waals surface area contributed by atoms with Crippen LogP contribution < -0.4 is 10.6 Å². The van der Waals surface area contributed by atoms with Crippen molar-refractivity contribution in [3.8, 4) is 11.1 Å². The molecule has 0 unspecified atom stereocenters. The fraction of sp³-hybridized carbons (Fsp3) is 0.200. The molecule has 1 fully saturated rings. The van der Waals surface area contributed by atoms with Gasteiger partial charge >= 0.3 is 0 Å². The number of rotatable bonds is 4. The summed E-state index contributed by atoms with van der Waals surface area (Å²) in [6.07, 6.45) is 3.83. The molecule has 1 aliphatic carbocycles. The second-order valence-electron chi connectivity index (χ2n) is 7.27. The number of H-pyrrole nitrogens is 1. The highest BCUT2D eigenvalue weighted by atomic mass is 35.5. The summed E-state index contributed by atoms with van der Waals surface area (Å²) in [5.41, 5.74) is 1.43. The minimum atomic E-state index is -1.10. The molecule has 1 aromatic carbocycles. The van der Waals surface area contributed by atoms with Crippen molar-refractivity contribution in [1.29, 1.82) is 0 Å². The van der Waals surface area contributed by atoms with Crippen molar-refractivity contribution in [3.63, 3.8) is 0 Å². The van der Waals surface area contributed by atoms with Crippen LogP contribution in [0, 0.1) is 11.7 Å². The van der Waals surface area contributed by atoms with E-state index in [4.69, 9.17) is 11.6 Å². The van der Waals surface area contributed by atoms with Crippen LogP contribution in [0.4, 0.5) is 14.6 Å². The Bertz CT molecular complexity index is 1380. The smallest absolute Gasteiger partial charge is 0.256 e. The first-order chi connectivity index (χ1) is 14.9. The summed E-state index contributed by atoms with van der Waals surface area (Å²) in [4.78, 5) is 28.4. The Morgan fingerprint density at radius 2 is 2.10 bits per heavy atom. The summed E-state index contributed by atoms with van der Waals surface area (Å²) in [5.74, 6) is -2.25. The molecule has 3 aromatic heterocycles. The Morgan fingerprint density at radius 1 is 1.32 bits per heavy atom. The molecule has 11 heteroatoms. The average molecular weight is 445 g/mol. The van der Waals surface area contributed by atoms with Crippen LogP contribution in [0.5, 0.6) is 0 Å². The van der Waals surface area contributed by atoms with Crippen molar-refractivity contribution in [2.24, 2.45) is 5.92 Å². The van der Waals surface area contributed by atoms with Gasteiger partial charge in [0, 0.05) is 29.8 Å². The lowest BCUT2D eigenvalue weighted by molar-refractivity contribution is -0.117. The third kappa shape index (κ3) is 3.10. The maximum absolute atomic E-state index is 15.0. The van der Waals surface area contributed by atoms with Crippen LogP contribution in [-0.4, -0.2) is 44.6 Å². The number of amides is 2. The molecule has 8 nitrogen and oxygen atoms in total. The van der Waals surface area contributed by atoms with Crippen LogP contribution in [0.2, 0.25) is 5.02 Å². The lowest BCUT2D eigenvalue weighted by Gasteiger charge is -2.12. The van der Waals surface area contributed by atoms with Gasteiger partial charge in [-0.25, -0.2) is 13.8 Å². The Hall–Kier alpha value is -3.53. The molecule has 0 spiro atoms. The number of carbonyl (C=O) groups excluding carboxylic acids is 2. The van der Waals surface area contributed by atoms with Crippen molar-refractivity contribution < 1.29 is 18.4 Å². The highest BCUT2D eigenvalue weighted by molar-refractivity contribution is 6.36. The van der Waals surface area contributed by atoms with E-state index in [2.05, 4.69) is 25.8 Å². The Labute approximate surface area is 178 Å². The summed E-state index contributed by atoms with van der Waals surface area (Å²) in [5, 5.41) is 11.8. The minimum Gasteiger partial charge on any atom is -0.355 e. The van der Waals surface area contributed by atoms with Crippen molar-refractivity contribution >= 4 is 45.8 Å². The van der Waals surface area contributed by atoms with E-state index in [0.717, 1.165) is 0 Å². The quantitative estimate of drug-likeness (QED) is 0.449. The predicted molar refractivity (Wildman–Crippen MR) is 110 cm³/mol. The number of aromatic nitrogens is 4. The third-order valence-corrected chi connectivity index (χ3v) is 5.64. The molecular weight excluding hydrogens is 430 g/mol. The van der Waals surface area contributed by atoms with E-state index >= 15 is 4.39 Å². The average Bonchev–Trinajstić information content (AvgIpc) is 3.12. The lowest BCUT2D eigenvalue weighted by Crippen LogP contribution is -2.20. The number of hydrogen-bond acceptors (Lipinski definition) is 4. The van der Waals surface area contributed by atoms with Crippen molar-refractivity contribution in [2.45, 2.75) is 12.6 Å². The molecule has 0 saturated heterocycles. The van der Waals surface area contributed by atoms with E-state index in [1.54, 1.807) is 28.9 Å². The first kappa shape index (κ1) is 19.4. The van der Waals surface area contributed by atoms with Crippen molar-refractivity contribution in [1.82, 2.24) is 24.9 Å². The molecule has 0 radical (unpaired) electrons. The zero-order valence-electron chi connectivity index (χ0n) is 16.0. The number of alkyl halides is 1. The van der Waals surface area contributed by atoms with Crippen molar-refractivity contribution in [2.75, 3.05) is 12.4 Å². The number of nitrogens with zero attached hydrogens (tertiary/aromatic N) is 3. The first-order valence-electron chi connectivity index (χ1n) is 9.39. The fourth-order valence-electron chi connectivity index (χ4n) is 3.59. The molecule has 4 aromatic rings. The van der Waals surface area contributed by atoms with Gasteiger partial charge in [0.25, 0.3) is 5.91 Å². The minimum absolute atomic E-state index is 0.219. The Morgan fingerprint density at radius 3 is 2.81 bits per heavy atom. The van der Waals surface area contributed by atoms with Crippen LogP contribution in [0.25, 0.3) is 27.7 Å². The normalized spacial score (nSPS) is 17.8. The molecule has 0 bridgehead atoms. The van der Waals surface area contributed by atoms with Gasteiger partial charge in [0.05, 0.1) is 28.9 Å². The van der Waals surface area contributed by atoms with Crippen molar-refractivity contribution in [3.05, 3.63) is 47.1 Å². The molecule has 3 heterocycles. The number of carbonyl (C=O) groups is 2. The van der Waals surface area contributed by atoms with E-state index in [1.807, 2.05) is 0 Å². The molecular formula is C20H15ClF2N6O2. The molecule has 0 aliphatic heterocycles. The third-order valence-electron chi connectivity index (χ3n) is 5.28. The van der Waals surface area contributed by atoms with Gasteiger partial charge < -0.3 is 15.0 Å². The van der Waals surface area contributed by atoms with Gasteiger partial charge in [0.2, 0.25) is 5.91 Å². The number of halogens is 3. The van der Waals surface area contributed by atoms with Crippen LogP contribution in [0.15, 0.2) is 30.7 Å². The maximum Gasteiger partial charge on any atom is 0.256 e. The SMILES string of the molecule is CNC(=O)c1c(F)c(Cl)c(-c2ccc3nc(NC(=O)[C@@H]4C[C@@H]4F)cn3c2)c2cn[nH]c12. The van der Waals surface area contributed by atoms with Gasteiger partial charge in [0.15, 0.2) is 11.6 Å². The monoisotopic (exact) mass is 444 g/mol. The lowest BCUT2D eigenvalue weighted by atomic mass is 9.99. The second-order valence-corrected chi connectivity index (χ2v) is 7.65. The number of benzene rings is 1. The van der Waals surface area contributed by atoms with Crippen LogP contribution in [0.1, 0.15) is 16.8 Å². The standard InChI is InChI=1S/C20H15ClF2N6O2/c1-24-20(31)15-17(23)16(21)14(10-5-25-28-18(10)15)8-2-3-13-26-12(7-29(13)6-8)27-19(30)9-4-11(9)22/h2-3,5-7,9,11H,4H2,1H3,(H,24,31)(H,25,28)(H,27,30)/t9-,11+/m1/s1. The topological polar surface area (TPSA) is 104 Å². The van der Waals surface area contributed by atoms with E-state index in [9.17, 15) is 14.0 Å². The summed E-state index contributed by atoms with van der Waals surface area (Å²) >= 11 is 6.34. The number of nitrogens with one attached hydrogen (secondary N) is 3. The first-order valence-corrected chi connectivity index (χ1v) is 9.77. The highest BCUT2D eigenvalue weighted by Gasteiger charge is 2.43. The highest BCUT2D eigenvalue weighted by Crippen LogP contribution is 2.39. The molecule has 1 saturated carbocycles. The van der Waals surface area contributed by atoms with Gasteiger partial charge in [-0.05, 0) is 18.6 Å². The molecule has 3 N–H and O–H groups in total. The fourth-order valence-corrected chi connectivity index (χ4v) is 3.89. The zero-order valence-corrected chi connectivity index (χ0v) is 16.8. The van der Waals surface area contributed by atoms with E-state index < -0.39 is 29.7 Å². The Kier molecular flexibility index (Phi) is 4.40. The summed E-state index contributed by atoms with van der Waals surface area (Å²) < 4.78 is 29.8. The van der Waals surface area contributed by atoms with Gasteiger partial charge in [0.1, 0.15) is 17.4 Å². The van der Waals surface area contributed by atoms with E-state index in [1.165, 1.54) is 13.2 Å². The predicted octanol–water partition coefficient (Wildman–Crippen LogP) is 3.33.